The summed E-state index contributed by atoms with van der Waals surface area (Å²) in [7, 11) is 1.83. The predicted octanol–water partition coefficient (Wildman–Crippen LogP) is 1.02. The maximum atomic E-state index is 11.6. The van der Waals surface area contributed by atoms with Crippen LogP contribution in [-0.2, 0) is 4.79 Å². The number of nitrogens with zero attached hydrogens (tertiary/aromatic N) is 2. The van der Waals surface area contributed by atoms with E-state index >= 15 is 0 Å². The normalized spacial score (nSPS) is 18.4. The largest absolute Gasteiger partial charge is 0.389 e. The van der Waals surface area contributed by atoms with Gasteiger partial charge in [0, 0.05) is 25.8 Å². The summed E-state index contributed by atoms with van der Waals surface area (Å²) in [6.45, 7) is 3.80. The van der Waals surface area contributed by atoms with E-state index in [0.717, 1.165) is 24.3 Å². The minimum absolute atomic E-state index is 0.149. The van der Waals surface area contributed by atoms with E-state index in [2.05, 4.69) is 4.90 Å². The number of piperazine rings is 1. The smallest absolute Gasteiger partial charge is 0.241 e. The first kappa shape index (κ1) is 11.9. The topological polar surface area (TPSA) is 43.8 Å². The lowest BCUT2D eigenvalue weighted by atomic mass is 10.1. The quantitative estimate of drug-likeness (QED) is 0.831. The van der Waals surface area contributed by atoms with Crippen LogP contribution in [0.1, 0.15) is 18.6 Å². The van der Waals surface area contributed by atoms with Crippen LogP contribution in [0.3, 0.4) is 0 Å². The lowest BCUT2D eigenvalue weighted by Crippen LogP contribution is -2.48. The van der Waals surface area contributed by atoms with Crippen molar-refractivity contribution in [3.63, 3.8) is 0 Å². The standard InChI is InChI=1S/C13H18N2O2/c1-10(16)11-3-5-12(6-4-11)15-8-7-14(2)13(17)9-15/h3-6,10,16H,7-9H2,1-2H3/t10-/m1/s1. The number of benzene rings is 1. The van der Waals surface area contributed by atoms with E-state index in [9.17, 15) is 9.90 Å². The van der Waals surface area contributed by atoms with Crippen LogP contribution >= 0.6 is 0 Å². The molecule has 4 heteroatoms. The Morgan fingerprint density at radius 2 is 1.88 bits per heavy atom. The molecule has 17 heavy (non-hydrogen) atoms. The Morgan fingerprint density at radius 1 is 1.24 bits per heavy atom. The summed E-state index contributed by atoms with van der Waals surface area (Å²) in [5.41, 5.74) is 1.94. The Labute approximate surface area is 101 Å². The Kier molecular flexibility index (Phi) is 3.33. The number of anilines is 1. The molecule has 1 heterocycles. The van der Waals surface area contributed by atoms with Crippen LogP contribution in [0.25, 0.3) is 0 Å². The van der Waals surface area contributed by atoms with Crippen molar-refractivity contribution in [1.29, 1.82) is 0 Å². The Morgan fingerprint density at radius 3 is 2.41 bits per heavy atom. The summed E-state index contributed by atoms with van der Waals surface area (Å²) in [4.78, 5) is 15.4. The number of aliphatic hydroxyl groups excluding tert-OH is 1. The van der Waals surface area contributed by atoms with Gasteiger partial charge >= 0.3 is 0 Å². The highest BCUT2D eigenvalue weighted by Gasteiger charge is 2.20. The van der Waals surface area contributed by atoms with Gasteiger partial charge in [0.2, 0.25) is 5.91 Å². The van der Waals surface area contributed by atoms with Gasteiger partial charge in [0.1, 0.15) is 0 Å². The zero-order valence-corrected chi connectivity index (χ0v) is 10.3. The summed E-state index contributed by atoms with van der Waals surface area (Å²) in [6, 6.07) is 7.73. The van der Waals surface area contributed by atoms with Crippen LogP contribution in [-0.4, -0.2) is 42.6 Å². The van der Waals surface area contributed by atoms with Crippen molar-refractivity contribution in [1.82, 2.24) is 4.90 Å². The molecule has 0 bridgehead atoms. The summed E-state index contributed by atoms with van der Waals surface area (Å²) in [5, 5.41) is 9.43. The maximum absolute atomic E-state index is 11.6. The van der Waals surface area contributed by atoms with Gasteiger partial charge in [-0.15, -0.1) is 0 Å². The number of hydrogen-bond acceptors (Lipinski definition) is 3. The number of hydrogen-bond donors (Lipinski definition) is 1. The van der Waals surface area contributed by atoms with E-state index in [1.807, 2.05) is 31.3 Å². The van der Waals surface area contributed by atoms with E-state index in [4.69, 9.17) is 0 Å². The van der Waals surface area contributed by atoms with Crippen molar-refractivity contribution >= 4 is 11.6 Å². The summed E-state index contributed by atoms with van der Waals surface area (Å²) >= 11 is 0. The van der Waals surface area contributed by atoms with Gasteiger partial charge in [-0.1, -0.05) is 12.1 Å². The number of carbonyl (C=O) groups excluding carboxylic acids is 1. The molecule has 1 aromatic carbocycles. The fourth-order valence-corrected chi connectivity index (χ4v) is 1.94. The van der Waals surface area contributed by atoms with Crippen molar-refractivity contribution in [2.24, 2.45) is 0 Å². The molecule has 1 aromatic rings. The molecule has 1 N–H and O–H groups in total. The average Bonchev–Trinajstić information content (AvgIpc) is 2.33. The van der Waals surface area contributed by atoms with Gasteiger partial charge in [0.05, 0.1) is 12.6 Å². The molecule has 1 aliphatic heterocycles. The monoisotopic (exact) mass is 234 g/mol. The molecule has 0 aromatic heterocycles. The highest BCUT2D eigenvalue weighted by Crippen LogP contribution is 2.20. The van der Waals surface area contributed by atoms with Crippen molar-refractivity contribution in [3.8, 4) is 0 Å². The molecule has 1 aliphatic rings. The van der Waals surface area contributed by atoms with E-state index in [-0.39, 0.29) is 5.91 Å². The number of aliphatic hydroxyl groups is 1. The Balaban J connectivity index is 2.10. The Bertz CT molecular complexity index is 400. The molecule has 92 valence electrons. The van der Waals surface area contributed by atoms with Crippen LogP contribution in [0, 0.1) is 0 Å². The zero-order valence-electron chi connectivity index (χ0n) is 10.3. The lowest BCUT2D eigenvalue weighted by molar-refractivity contribution is -0.129. The molecule has 1 saturated heterocycles. The second kappa shape index (κ2) is 4.75. The predicted molar refractivity (Wildman–Crippen MR) is 66.9 cm³/mol. The summed E-state index contributed by atoms with van der Waals surface area (Å²) in [5.74, 6) is 0.149. The number of rotatable bonds is 2. The van der Waals surface area contributed by atoms with Crippen LogP contribution in [0.5, 0.6) is 0 Å². The minimum Gasteiger partial charge on any atom is -0.389 e. The van der Waals surface area contributed by atoms with Gasteiger partial charge in [-0.3, -0.25) is 4.79 Å². The number of likely N-dealkylation sites (N-methyl/N-ethyl adjacent to an activating group) is 1. The second-order valence-electron chi connectivity index (χ2n) is 4.50. The molecule has 0 saturated carbocycles. The molecule has 1 amide bonds. The molecule has 0 unspecified atom stereocenters. The van der Waals surface area contributed by atoms with Gasteiger partial charge in [-0.2, -0.15) is 0 Å². The van der Waals surface area contributed by atoms with Gasteiger partial charge in [-0.25, -0.2) is 0 Å². The maximum Gasteiger partial charge on any atom is 0.241 e. The second-order valence-corrected chi connectivity index (χ2v) is 4.50. The van der Waals surface area contributed by atoms with Gasteiger partial charge in [-0.05, 0) is 24.6 Å². The van der Waals surface area contributed by atoms with Crippen molar-refractivity contribution in [2.45, 2.75) is 13.0 Å². The average molecular weight is 234 g/mol. The molecule has 0 aliphatic carbocycles. The van der Waals surface area contributed by atoms with E-state index in [0.29, 0.717) is 6.54 Å². The molecule has 2 rings (SSSR count). The molecule has 1 atom stereocenters. The lowest BCUT2D eigenvalue weighted by Gasteiger charge is -2.33. The van der Waals surface area contributed by atoms with Gasteiger partial charge in [0.15, 0.2) is 0 Å². The molecular weight excluding hydrogens is 216 g/mol. The van der Waals surface area contributed by atoms with E-state index < -0.39 is 6.10 Å². The third-order valence-electron chi connectivity index (χ3n) is 3.20. The van der Waals surface area contributed by atoms with Crippen LogP contribution in [0.2, 0.25) is 0 Å². The summed E-state index contributed by atoms with van der Waals surface area (Å²) in [6.07, 6.45) is -0.446. The van der Waals surface area contributed by atoms with E-state index in [1.165, 1.54) is 0 Å². The molecular formula is C13H18N2O2. The van der Waals surface area contributed by atoms with Crippen LogP contribution < -0.4 is 4.90 Å². The van der Waals surface area contributed by atoms with E-state index in [1.54, 1.807) is 11.8 Å². The third kappa shape index (κ3) is 2.58. The first-order chi connectivity index (χ1) is 8.08. The third-order valence-corrected chi connectivity index (χ3v) is 3.20. The zero-order chi connectivity index (χ0) is 12.4. The molecule has 0 radical (unpaired) electrons. The highest BCUT2D eigenvalue weighted by atomic mass is 16.3. The number of amides is 1. The Hall–Kier alpha value is -1.55. The first-order valence-electron chi connectivity index (χ1n) is 5.85. The SMILES string of the molecule is C[C@@H](O)c1ccc(N2CCN(C)C(=O)C2)cc1. The van der Waals surface area contributed by atoms with Crippen molar-refractivity contribution in [3.05, 3.63) is 29.8 Å². The highest BCUT2D eigenvalue weighted by molar-refractivity contribution is 5.82. The van der Waals surface area contributed by atoms with Crippen molar-refractivity contribution < 1.29 is 9.90 Å². The minimum atomic E-state index is -0.446. The molecule has 0 spiro atoms. The van der Waals surface area contributed by atoms with Crippen LogP contribution in [0.15, 0.2) is 24.3 Å². The van der Waals surface area contributed by atoms with Gasteiger partial charge < -0.3 is 14.9 Å². The fourth-order valence-electron chi connectivity index (χ4n) is 1.94. The van der Waals surface area contributed by atoms with Crippen LogP contribution in [0.4, 0.5) is 5.69 Å². The molecule has 1 fully saturated rings. The van der Waals surface area contributed by atoms with Gasteiger partial charge in [0.25, 0.3) is 0 Å². The molecule has 4 nitrogen and oxygen atoms in total. The fraction of sp³-hybridized carbons (Fsp3) is 0.462. The first-order valence-corrected chi connectivity index (χ1v) is 5.85. The number of carbonyl (C=O) groups is 1. The van der Waals surface area contributed by atoms with Crippen molar-refractivity contribution in [2.75, 3.05) is 31.6 Å². The summed E-state index contributed by atoms with van der Waals surface area (Å²) < 4.78 is 0.